The summed E-state index contributed by atoms with van der Waals surface area (Å²) >= 11 is 2.08. The van der Waals surface area contributed by atoms with Gasteiger partial charge in [-0.3, -0.25) is 10.1 Å². The molecule has 1 amide bonds. The van der Waals surface area contributed by atoms with E-state index in [-0.39, 0.29) is 24.2 Å². The lowest BCUT2D eigenvalue weighted by molar-refractivity contribution is -0.314. The van der Waals surface area contributed by atoms with Crippen LogP contribution in [-0.4, -0.2) is 65.3 Å². The highest BCUT2D eigenvalue weighted by Crippen LogP contribution is 2.44. The van der Waals surface area contributed by atoms with Crippen LogP contribution in [0.2, 0.25) is 0 Å². The van der Waals surface area contributed by atoms with Crippen molar-refractivity contribution in [1.29, 1.82) is 0 Å². The number of β-amino-alcohol motifs (C(OH)–C–C–N with tert-alkyl or cyclic N) is 1. The van der Waals surface area contributed by atoms with Gasteiger partial charge in [0, 0.05) is 22.4 Å². The van der Waals surface area contributed by atoms with E-state index in [1.165, 1.54) is 31.2 Å². The largest absolute Gasteiger partial charge is 0.425 e. The predicted molar refractivity (Wildman–Crippen MR) is 160 cm³/mol. The second-order valence-electron chi connectivity index (χ2n) is 10.2. The fourth-order valence-electron chi connectivity index (χ4n) is 5.02. The molecule has 4 N–H and O–H groups in total. The molecule has 43 heavy (non-hydrogen) atoms. The van der Waals surface area contributed by atoms with E-state index in [2.05, 4.69) is 39.8 Å². The van der Waals surface area contributed by atoms with Gasteiger partial charge in [0.05, 0.1) is 24.3 Å². The number of methoxy groups -OCH3 is 1. The van der Waals surface area contributed by atoms with Gasteiger partial charge in [0.15, 0.2) is 11.6 Å². The van der Waals surface area contributed by atoms with E-state index in [1.807, 2.05) is 0 Å². The summed E-state index contributed by atoms with van der Waals surface area (Å²) in [7, 11) is 0.816. The maximum absolute atomic E-state index is 15.0. The lowest BCUT2D eigenvalue weighted by atomic mass is 9.84. The van der Waals surface area contributed by atoms with E-state index in [4.69, 9.17) is 4.74 Å². The lowest BCUT2D eigenvalue weighted by Gasteiger charge is -2.51. The zero-order valence-corrected chi connectivity index (χ0v) is 25.2. The summed E-state index contributed by atoms with van der Waals surface area (Å²) in [4.78, 5) is 14.5. The van der Waals surface area contributed by atoms with Gasteiger partial charge in [0.25, 0.3) is 5.91 Å². The Morgan fingerprint density at radius 3 is 2.37 bits per heavy atom. The molecule has 0 spiro atoms. The third-order valence-electron chi connectivity index (χ3n) is 7.58. The van der Waals surface area contributed by atoms with Gasteiger partial charge in [-0.1, -0.05) is 43.0 Å². The van der Waals surface area contributed by atoms with Crippen LogP contribution in [0.4, 0.5) is 33.3 Å². The van der Waals surface area contributed by atoms with E-state index < -0.39 is 52.9 Å². The highest BCUT2D eigenvalue weighted by atomic mass is 127. The van der Waals surface area contributed by atoms with Crippen LogP contribution in [0.1, 0.15) is 28.4 Å². The number of benzene rings is 3. The molecular formula is C30H29F5IN3O4. The van der Waals surface area contributed by atoms with Crippen LogP contribution in [0.25, 0.3) is 6.08 Å². The fraction of sp³-hybridized carbons (Fsp3) is 0.300. The summed E-state index contributed by atoms with van der Waals surface area (Å²) in [6.07, 6.45) is -5.90. The molecule has 1 fully saturated rings. The van der Waals surface area contributed by atoms with Crippen molar-refractivity contribution >= 4 is 45.9 Å². The van der Waals surface area contributed by atoms with Crippen LogP contribution in [-0.2, 0) is 10.3 Å². The molecule has 4 rings (SSSR count). The number of carbonyl (C=O) groups excluding carboxylic acids is 1. The highest BCUT2D eigenvalue weighted by Gasteiger charge is 2.62. The quantitative estimate of drug-likeness (QED) is 0.125. The Bertz CT molecular complexity index is 1500. The number of amides is 1. The van der Waals surface area contributed by atoms with Crippen molar-refractivity contribution in [2.75, 3.05) is 25.5 Å². The Morgan fingerprint density at radius 2 is 1.79 bits per heavy atom. The minimum Gasteiger partial charge on any atom is -0.385 e. The Balaban J connectivity index is 1.54. The van der Waals surface area contributed by atoms with Crippen molar-refractivity contribution < 1.29 is 41.7 Å². The second kappa shape index (κ2) is 12.5. The van der Waals surface area contributed by atoms with E-state index >= 15 is 0 Å². The van der Waals surface area contributed by atoms with Gasteiger partial charge >= 0.3 is 6.18 Å². The molecule has 1 aliphatic rings. The van der Waals surface area contributed by atoms with Crippen molar-refractivity contribution in [3.8, 4) is 0 Å². The number of alkyl halides is 3. The average molecular weight is 717 g/mol. The van der Waals surface area contributed by atoms with Crippen molar-refractivity contribution in [1.82, 2.24) is 10.2 Å². The van der Waals surface area contributed by atoms with Crippen molar-refractivity contribution in [3.63, 3.8) is 0 Å². The summed E-state index contributed by atoms with van der Waals surface area (Å²) in [6.45, 7) is 4.33. The fourth-order valence-corrected chi connectivity index (χ4v) is 5.54. The molecule has 0 bridgehead atoms. The number of hydrogen-bond acceptors (Lipinski definition) is 6. The number of ether oxygens (including phenoxy) is 1. The lowest BCUT2D eigenvalue weighted by Crippen LogP contribution is -2.73. The van der Waals surface area contributed by atoms with Gasteiger partial charge < -0.3 is 25.2 Å². The standard InChI is InChI=1S/C30H29F5IN3O4/c1-4-18-14-20(36)10-13-23(18)38-25-21(11-12-22(31)24(25)32)26(40)39-15-28(42,16-39)17(2)37-27(41)29(43-3,30(33,34)35)19-8-6-5-7-9-19/h4-14,17,27,37-38,41-42H,1,15-16H2,2-3H3/t17-,27?,29+/m0/s1. The molecular weight excluding hydrogens is 688 g/mol. The van der Waals surface area contributed by atoms with Gasteiger partial charge in [-0.05, 0) is 71.0 Å². The Morgan fingerprint density at radius 1 is 1.14 bits per heavy atom. The van der Waals surface area contributed by atoms with Crippen molar-refractivity contribution in [2.24, 2.45) is 0 Å². The molecule has 0 saturated carbocycles. The molecule has 13 heteroatoms. The third-order valence-corrected chi connectivity index (χ3v) is 8.25. The van der Waals surface area contributed by atoms with E-state index in [0.717, 1.165) is 39.8 Å². The third kappa shape index (κ3) is 6.13. The zero-order valence-electron chi connectivity index (χ0n) is 23.1. The van der Waals surface area contributed by atoms with Crippen LogP contribution in [0, 0.1) is 15.2 Å². The van der Waals surface area contributed by atoms with E-state index in [9.17, 15) is 37.0 Å². The average Bonchev–Trinajstić information content (AvgIpc) is 2.94. The molecule has 1 aliphatic heterocycles. The summed E-state index contributed by atoms with van der Waals surface area (Å²) in [5.41, 5.74) is -5.00. The second-order valence-corrected chi connectivity index (χ2v) is 11.4. The monoisotopic (exact) mass is 717 g/mol. The highest BCUT2D eigenvalue weighted by molar-refractivity contribution is 14.1. The predicted octanol–water partition coefficient (Wildman–Crippen LogP) is 5.54. The molecule has 1 saturated heterocycles. The first-order valence-corrected chi connectivity index (χ1v) is 14.1. The maximum Gasteiger partial charge on any atom is 0.425 e. The normalized spacial score (nSPS) is 17.4. The minimum absolute atomic E-state index is 0.227. The van der Waals surface area contributed by atoms with Crippen molar-refractivity contribution in [3.05, 3.63) is 99.1 Å². The molecule has 3 aromatic carbocycles. The van der Waals surface area contributed by atoms with Crippen LogP contribution in [0.5, 0.6) is 0 Å². The smallest absolute Gasteiger partial charge is 0.385 e. The maximum atomic E-state index is 15.0. The Hall–Kier alpha value is -3.11. The molecule has 3 atom stereocenters. The van der Waals surface area contributed by atoms with Crippen LogP contribution >= 0.6 is 22.6 Å². The number of nitrogens with one attached hydrogen (secondary N) is 2. The van der Waals surface area contributed by atoms with Gasteiger partial charge in [-0.2, -0.15) is 13.2 Å². The molecule has 1 unspecified atom stereocenters. The number of likely N-dealkylation sites (tertiary alicyclic amines) is 1. The molecule has 7 nitrogen and oxygen atoms in total. The SMILES string of the molecule is C=Cc1cc(I)ccc1Nc1c(C(=O)N2CC(O)([C@H](C)NC(O)[C@](OC)(c3ccccc3)C(F)(F)F)C2)ccc(F)c1F. The van der Waals surface area contributed by atoms with Crippen LogP contribution < -0.4 is 10.6 Å². The Kier molecular flexibility index (Phi) is 9.52. The zero-order chi connectivity index (χ0) is 31.7. The van der Waals surface area contributed by atoms with Crippen molar-refractivity contribution in [2.45, 2.75) is 36.6 Å². The molecule has 0 aliphatic carbocycles. The van der Waals surface area contributed by atoms with E-state index in [1.54, 1.807) is 18.2 Å². The van der Waals surface area contributed by atoms with Gasteiger partial charge in [-0.15, -0.1) is 0 Å². The van der Waals surface area contributed by atoms with Crippen LogP contribution in [0.3, 0.4) is 0 Å². The number of aliphatic hydroxyl groups excluding tert-OH is 1. The number of aliphatic hydroxyl groups is 2. The topological polar surface area (TPSA) is 94.1 Å². The summed E-state index contributed by atoms with van der Waals surface area (Å²) in [5, 5.41) is 27.1. The number of rotatable bonds is 10. The number of carbonyl (C=O) groups is 1. The molecule has 0 aromatic heterocycles. The van der Waals surface area contributed by atoms with Gasteiger partial charge in [0.1, 0.15) is 11.8 Å². The minimum atomic E-state index is -5.06. The number of hydrogen-bond donors (Lipinski definition) is 4. The summed E-state index contributed by atoms with van der Waals surface area (Å²) < 4.78 is 77.9. The molecule has 0 radical (unpaired) electrons. The molecule has 230 valence electrons. The first kappa shape index (κ1) is 32.8. The van der Waals surface area contributed by atoms with E-state index in [0.29, 0.717) is 11.3 Å². The number of nitrogens with zero attached hydrogens (tertiary/aromatic N) is 1. The van der Waals surface area contributed by atoms with Gasteiger partial charge in [0.2, 0.25) is 5.60 Å². The van der Waals surface area contributed by atoms with Crippen LogP contribution in [0.15, 0.2) is 67.2 Å². The first-order valence-electron chi connectivity index (χ1n) is 13.0. The van der Waals surface area contributed by atoms with Gasteiger partial charge in [-0.25, -0.2) is 8.78 Å². The Labute approximate surface area is 258 Å². The molecule has 3 aromatic rings. The number of anilines is 2. The number of halogens is 6. The molecule has 1 heterocycles. The summed E-state index contributed by atoms with van der Waals surface area (Å²) in [5.74, 6) is -3.24. The first-order chi connectivity index (χ1) is 20.2. The summed E-state index contributed by atoms with van der Waals surface area (Å²) in [6, 6.07) is 12.4.